The third-order valence-electron chi connectivity index (χ3n) is 5.87. The molecule has 1 N–H and O–H groups in total. The van der Waals surface area contributed by atoms with E-state index in [4.69, 9.17) is 4.74 Å². The van der Waals surface area contributed by atoms with Gasteiger partial charge in [-0.3, -0.25) is 10.1 Å². The summed E-state index contributed by atoms with van der Waals surface area (Å²) in [5.74, 6) is -0.486. The SMILES string of the molecule is COc1cc([N+](=O)[O-])cc(C=C=C2N(Cc3ccc(F)cc3)c3ccccc3C2(C)C)c1O. The molecule has 0 aliphatic carbocycles. The average Bonchev–Trinajstić information content (AvgIpc) is 3.00. The number of halogens is 1. The first-order chi connectivity index (χ1) is 15.7. The molecule has 4 rings (SSSR count). The van der Waals surface area contributed by atoms with E-state index in [1.165, 1.54) is 37.5 Å². The number of methoxy groups -OCH3 is 1. The summed E-state index contributed by atoms with van der Waals surface area (Å²) >= 11 is 0. The molecule has 0 bridgehead atoms. The third-order valence-corrected chi connectivity index (χ3v) is 5.87. The Hall–Kier alpha value is -4.09. The molecule has 0 spiro atoms. The Morgan fingerprint density at radius 2 is 1.88 bits per heavy atom. The molecule has 0 fully saturated rings. The first kappa shape index (κ1) is 22.1. The number of hydrogen-bond acceptors (Lipinski definition) is 5. The van der Waals surface area contributed by atoms with E-state index in [-0.39, 0.29) is 28.6 Å². The zero-order valence-corrected chi connectivity index (χ0v) is 18.5. The fraction of sp³-hybridized carbons (Fsp3) is 0.192. The van der Waals surface area contributed by atoms with Crippen molar-refractivity contribution >= 4 is 17.5 Å². The zero-order chi connectivity index (χ0) is 23.8. The Labute approximate surface area is 191 Å². The number of para-hydroxylation sites is 1. The fourth-order valence-corrected chi connectivity index (χ4v) is 4.15. The van der Waals surface area contributed by atoms with E-state index in [0.717, 1.165) is 22.5 Å². The van der Waals surface area contributed by atoms with Gasteiger partial charge in [-0.2, -0.15) is 0 Å². The molecule has 1 heterocycles. The molecule has 1 aliphatic heterocycles. The Bertz CT molecular complexity index is 1290. The predicted molar refractivity (Wildman–Crippen MR) is 125 cm³/mol. The van der Waals surface area contributed by atoms with Crippen molar-refractivity contribution in [2.24, 2.45) is 0 Å². The lowest BCUT2D eigenvalue weighted by atomic mass is 9.84. The maximum atomic E-state index is 13.4. The number of phenolic OH excluding ortho intramolecular Hbond substituents is 1. The number of nitrogens with zero attached hydrogens (tertiary/aromatic N) is 2. The Morgan fingerprint density at radius 3 is 2.55 bits per heavy atom. The summed E-state index contributed by atoms with van der Waals surface area (Å²) in [6.07, 6.45) is 1.53. The van der Waals surface area contributed by atoms with E-state index >= 15 is 0 Å². The van der Waals surface area contributed by atoms with Crippen molar-refractivity contribution < 1.29 is 19.2 Å². The van der Waals surface area contributed by atoms with Crippen LogP contribution < -0.4 is 9.64 Å². The highest BCUT2D eigenvalue weighted by atomic mass is 19.1. The number of hydrogen-bond donors (Lipinski definition) is 1. The molecule has 1 aliphatic rings. The number of aromatic hydroxyl groups is 1. The minimum Gasteiger partial charge on any atom is -0.504 e. The van der Waals surface area contributed by atoms with Crippen LogP contribution >= 0.6 is 0 Å². The number of nitro benzene ring substituents is 1. The van der Waals surface area contributed by atoms with E-state index in [2.05, 4.69) is 30.5 Å². The van der Waals surface area contributed by atoms with Crippen LogP contribution in [0.15, 0.2) is 72.1 Å². The molecule has 0 saturated heterocycles. The van der Waals surface area contributed by atoms with Crippen molar-refractivity contribution in [1.29, 1.82) is 0 Å². The number of allylic oxidation sites excluding steroid dienone is 1. The van der Waals surface area contributed by atoms with E-state index in [9.17, 15) is 19.6 Å². The fourth-order valence-electron chi connectivity index (χ4n) is 4.15. The second-order valence-corrected chi connectivity index (χ2v) is 8.34. The summed E-state index contributed by atoms with van der Waals surface area (Å²) in [6.45, 7) is 4.63. The monoisotopic (exact) mass is 446 g/mol. The van der Waals surface area contributed by atoms with Crippen molar-refractivity contribution in [2.75, 3.05) is 12.0 Å². The smallest absolute Gasteiger partial charge is 0.274 e. The largest absolute Gasteiger partial charge is 0.504 e. The summed E-state index contributed by atoms with van der Waals surface area (Å²) in [6, 6.07) is 16.8. The first-order valence-electron chi connectivity index (χ1n) is 10.4. The molecule has 3 aromatic carbocycles. The average molecular weight is 446 g/mol. The Balaban J connectivity index is 1.87. The van der Waals surface area contributed by atoms with Crippen molar-refractivity contribution in [1.82, 2.24) is 0 Å². The van der Waals surface area contributed by atoms with Crippen LogP contribution in [0.4, 0.5) is 15.8 Å². The van der Waals surface area contributed by atoms with Crippen molar-refractivity contribution in [3.8, 4) is 11.5 Å². The lowest BCUT2D eigenvalue weighted by molar-refractivity contribution is -0.385. The molecule has 168 valence electrons. The van der Waals surface area contributed by atoms with Gasteiger partial charge in [0, 0.05) is 29.3 Å². The van der Waals surface area contributed by atoms with E-state index in [1.54, 1.807) is 12.1 Å². The van der Waals surface area contributed by atoms with Crippen LogP contribution in [0.2, 0.25) is 0 Å². The number of non-ortho nitro benzene ring substituents is 1. The van der Waals surface area contributed by atoms with Gasteiger partial charge in [0.25, 0.3) is 5.69 Å². The van der Waals surface area contributed by atoms with Gasteiger partial charge in [-0.05, 0) is 49.2 Å². The van der Waals surface area contributed by atoms with Gasteiger partial charge in [0.05, 0.1) is 23.8 Å². The molecule has 0 saturated carbocycles. The van der Waals surface area contributed by atoms with Crippen LogP contribution in [0, 0.1) is 15.9 Å². The van der Waals surface area contributed by atoms with Crippen molar-refractivity contribution in [3.63, 3.8) is 0 Å². The number of anilines is 1. The minimum absolute atomic E-state index is 0.0133. The van der Waals surface area contributed by atoms with Gasteiger partial charge >= 0.3 is 0 Å². The molecule has 0 atom stereocenters. The highest BCUT2D eigenvalue weighted by Gasteiger charge is 2.40. The van der Waals surface area contributed by atoms with Crippen LogP contribution in [0.5, 0.6) is 11.5 Å². The normalized spacial score (nSPS) is 13.9. The molecule has 3 aromatic rings. The number of fused-ring (bicyclic) bond motifs is 1. The Morgan fingerprint density at radius 1 is 1.18 bits per heavy atom. The van der Waals surface area contributed by atoms with Crippen LogP contribution in [0.1, 0.15) is 30.5 Å². The van der Waals surface area contributed by atoms with Crippen LogP contribution in [-0.4, -0.2) is 17.1 Å². The molecule has 0 aromatic heterocycles. The van der Waals surface area contributed by atoms with E-state index in [1.807, 2.05) is 18.2 Å². The van der Waals surface area contributed by atoms with Crippen LogP contribution in [0.25, 0.3) is 6.08 Å². The van der Waals surface area contributed by atoms with E-state index < -0.39 is 10.3 Å². The predicted octanol–water partition coefficient (Wildman–Crippen LogP) is 5.94. The molecule has 0 radical (unpaired) electrons. The number of ether oxygens (including phenoxy) is 1. The number of phenols is 1. The molecule has 6 nitrogen and oxygen atoms in total. The molecule has 0 amide bonds. The summed E-state index contributed by atoms with van der Waals surface area (Å²) in [5.41, 5.74) is 6.73. The minimum atomic E-state index is -0.539. The summed E-state index contributed by atoms with van der Waals surface area (Å²) < 4.78 is 18.5. The Kier molecular flexibility index (Phi) is 5.66. The maximum absolute atomic E-state index is 13.4. The summed E-state index contributed by atoms with van der Waals surface area (Å²) in [4.78, 5) is 12.9. The lowest BCUT2D eigenvalue weighted by Crippen LogP contribution is -2.25. The number of benzene rings is 3. The summed E-state index contributed by atoms with van der Waals surface area (Å²) in [5, 5.41) is 21.8. The van der Waals surface area contributed by atoms with Gasteiger partial charge in [0.2, 0.25) is 0 Å². The molecular weight excluding hydrogens is 423 g/mol. The van der Waals surface area contributed by atoms with Crippen LogP contribution in [-0.2, 0) is 12.0 Å². The quantitative estimate of drug-likeness (QED) is 0.298. The second-order valence-electron chi connectivity index (χ2n) is 8.34. The van der Waals surface area contributed by atoms with Gasteiger partial charge in [-0.15, -0.1) is 0 Å². The van der Waals surface area contributed by atoms with Gasteiger partial charge in [-0.25, -0.2) is 4.39 Å². The van der Waals surface area contributed by atoms with Gasteiger partial charge in [0.15, 0.2) is 11.5 Å². The maximum Gasteiger partial charge on any atom is 0.274 e. The van der Waals surface area contributed by atoms with Crippen molar-refractivity contribution in [3.05, 3.63) is 105 Å². The molecule has 0 unspecified atom stereocenters. The van der Waals surface area contributed by atoms with E-state index in [0.29, 0.717) is 6.54 Å². The lowest BCUT2D eigenvalue weighted by Gasteiger charge is -2.25. The summed E-state index contributed by atoms with van der Waals surface area (Å²) in [7, 11) is 1.34. The van der Waals surface area contributed by atoms with Crippen molar-refractivity contribution in [2.45, 2.75) is 25.8 Å². The number of rotatable bonds is 5. The first-order valence-corrected chi connectivity index (χ1v) is 10.4. The van der Waals surface area contributed by atoms with Gasteiger partial charge in [-0.1, -0.05) is 36.1 Å². The zero-order valence-electron chi connectivity index (χ0n) is 18.5. The standard InChI is InChI=1S/C26H23FN2O4/c1-26(2)21-6-4-5-7-22(21)28(16-17-8-11-19(27)12-9-17)24(26)13-10-18-14-20(29(31)32)15-23(33-3)25(18)30/h4-12,14-15,30H,16H2,1-3H3. The second kappa shape index (κ2) is 8.45. The highest BCUT2D eigenvalue weighted by molar-refractivity contribution is 5.72. The topological polar surface area (TPSA) is 75.8 Å². The highest BCUT2D eigenvalue weighted by Crippen LogP contribution is 2.48. The number of nitro groups is 1. The van der Waals surface area contributed by atoms with Gasteiger partial charge in [0.1, 0.15) is 5.82 Å². The van der Waals surface area contributed by atoms with Crippen LogP contribution in [0.3, 0.4) is 0 Å². The molecular formula is C26H23FN2O4. The molecule has 7 heteroatoms. The third kappa shape index (κ3) is 4.06. The molecule has 33 heavy (non-hydrogen) atoms. The van der Waals surface area contributed by atoms with Gasteiger partial charge < -0.3 is 14.7 Å².